The third-order valence-corrected chi connectivity index (χ3v) is 8.79. The molecule has 1 fully saturated rings. The Labute approximate surface area is 189 Å². The molecule has 0 aliphatic heterocycles. The van der Waals surface area contributed by atoms with Crippen molar-refractivity contribution in [1.29, 1.82) is 0 Å². The van der Waals surface area contributed by atoms with Crippen LogP contribution in [0.3, 0.4) is 0 Å². The quantitative estimate of drug-likeness (QED) is 0.642. The molecule has 1 N–H and O–H groups in total. The number of carbonyl (C=O) groups excluding carboxylic acids is 1. The van der Waals surface area contributed by atoms with E-state index in [-0.39, 0.29) is 17.5 Å². The van der Waals surface area contributed by atoms with Gasteiger partial charge in [-0.15, -0.1) is 0 Å². The fourth-order valence-electron chi connectivity index (χ4n) is 4.20. The minimum atomic E-state index is -3.86. The Bertz CT molecular complexity index is 1020. The number of sulfone groups is 1. The number of ether oxygens (including phenoxy) is 1. The molecule has 1 saturated carbocycles. The third-order valence-electron chi connectivity index (χ3n) is 6.02. The van der Waals surface area contributed by atoms with Crippen LogP contribution in [0.1, 0.15) is 37.3 Å². The van der Waals surface area contributed by atoms with Crippen molar-refractivity contribution >= 4 is 27.3 Å². The van der Waals surface area contributed by atoms with Gasteiger partial charge in [-0.25, -0.2) is 8.42 Å². The average Bonchev–Trinajstić information content (AvgIpc) is 3.26. The highest BCUT2D eigenvalue weighted by Gasteiger charge is 2.52. The van der Waals surface area contributed by atoms with Crippen molar-refractivity contribution in [3.63, 3.8) is 0 Å². The summed E-state index contributed by atoms with van der Waals surface area (Å²) in [6.07, 6.45) is 2.03. The van der Waals surface area contributed by atoms with E-state index in [0.717, 1.165) is 11.3 Å². The van der Waals surface area contributed by atoms with Crippen LogP contribution in [0.5, 0.6) is 5.75 Å². The van der Waals surface area contributed by atoms with Crippen LogP contribution in [0.4, 0.5) is 0 Å². The Balaban J connectivity index is 1.85. The minimum absolute atomic E-state index is 0.129. The van der Waals surface area contributed by atoms with Crippen molar-refractivity contribution in [2.75, 3.05) is 27.7 Å². The summed E-state index contributed by atoms with van der Waals surface area (Å²) in [5.41, 5.74) is 0.977. The molecule has 1 atom stereocenters. The van der Waals surface area contributed by atoms with E-state index in [1.165, 1.54) is 12.1 Å². The Morgan fingerprint density at radius 3 is 2.39 bits per heavy atom. The first-order valence-corrected chi connectivity index (χ1v) is 12.2. The number of halogens is 1. The fraction of sp³-hybridized carbons (Fsp3) is 0.435. The van der Waals surface area contributed by atoms with Crippen molar-refractivity contribution < 1.29 is 17.9 Å². The van der Waals surface area contributed by atoms with Crippen molar-refractivity contribution in [1.82, 2.24) is 10.2 Å². The number of hydrogen-bond donors (Lipinski definition) is 1. The summed E-state index contributed by atoms with van der Waals surface area (Å²) in [5, 5.41) is 3.40. The molecule has 1 aliphatic rings. The second-order valence-corrected chi connectivity index (χ2v) is 10.8. The predicted molar refractivity (Wildman–Crippen MR) is 122 cm³/mol. The van der Waals surface area contributed by atoms with E-state index in [4.69, 9.17) is 16.3 Å². The van der Waals surface area contributed by atoms with Gasteiger partial charge in [0.2, 0.25) is 5.91 Å². The van der Waals surface area contributed by atoms with Crippen molar-refractivity contribution in [3.05, 3.63) is 59.1 Å². The number of likely N-dealkylation sites (N-methyl/N-ethyl adjacent to an activating group) is 1. The lowest BCUT2D eigenvalue weighted by Gasteiger charge is -2.30. The molecule has 168 valence electrons. The zero-order valence-corrected chi connectivity index (χ0v) is 19.7. The number of benzene rings is 2. The lowest BCUT2D eigenvalue weighted by Crippen LogP contribution is -2.52. The van der Waals surface area contributed by atoms with Gasteiger partial charge in [0.15, 0.2) is 14.6 Å². The fourth-order valence-corrected chi connectivity index (χ4v) is 6.42. The molecule has 31 heavy (non-hydrogen) atoms. The second kappa shape index (κ2) is 9.59. The summed E-state index contributed by atoms with van der Waals surface area (Å²) in [7, 11) is 1.59. The highest BCUT2D eigenvalue weighted by molar-refractivity contribution is 7.93. The number of carbonyl (C=O) groups is 1. The molecule has 0 bridgehead atoms. The van der Waals surface area contributed by atoms with Crippen molar-refractivity contribution in [2.24, 2.45) is 0 Å². The number of nitrogens with one attached hydrogen (secondary N) is 1. The van der Waals surface area contributed by atoms with Gasteiger partial charge < -0.3 is 15.0 Å². The van der Waals surface area contributed by atoms with Gasteiger partial charge in [-0.2, -0.15) is 0 Å². The largest absolute Gasteiger partial charge is 0.497 e. The molecule has 0 heterocycles. The highest BCUT2D eigenvalue weighted by Crippen LogP contribution is 2.41. The van der Waals surface area contributed by atoms with Crippen LogP contribution >= 0.6 is 11.6 Å². The van der Waals surface area contributed by atoms with Crippen LogP contribution < -0.4 is 10.1 Å². The van der Waals surface area contributed by atoms with Gasteiger partial charge in [-0.05, 0) is 68.9 Å². The number of amides is 1. The summed E-state index contributed by atoms with van der Waals surface area (Å²) in [6.45, 7) is 0.289. The molecule has 2 aromatic carbocycles. The molecule has 1 aliphatic carbocycles. The maximum absolute atomic E-state index is 13.5. The molecule has 0 aromatic heterocycles. The summed E-state index contributed by atoms with van der Waals surface area (Å²) in [4.78, 5) is 15.5. The first-order chi connectivity index (χ1) is 14.7. The van der Waals surface area contributed by atoms with Gasteiger partial charge in [-0.1, -0.05) is 36.6 Å². The van der Waals surface area contributed by atoms with Gasteiger partial charge in [0.25, 0.3) is 0 Å². The average molecular weight is 465 g/mol. The van der Waals surface area contributed by atoms with Crippen LogP contribution in [0.25, 0.3) is 0 Å². The lowest BCUT2D eigenvalue weighted by atomic mass is 10.0. The first-order valence-electron chi connectivity index (χ1n) is 10.3. The van der Waals surface area contributed by atoms with Crippen LogP contribution in [0, 0.1) is 0 Å². The number of methoxy groups -OCH3 is 1. The molecule has 1 amide bonds. The van der Waals surface area contributed by atoms with E-state index >= 15 is 0 Å². The molecule has 2 aromatic rings. The Morgan fingerprint density at radius 2 is 1.81 bits per heavy atom. The zero-order valence-electron chi connectivity index (χ0n) is 18.1. The monoisotopic (exact) mass is 464 g/mol. The smallest absolute Gasteiger partial charge is 0.241 e. The number of nitrogens with zero attached hydrogens (tertiary/aromatic N) is 1. The highest BCUT2D eigenvalue weighted by atomic mass is 35.5. The first kappa shape index (κ1) is 23.6. The van der Waals surface area contributed by atoms with Gasteiger partial charge in [0, 0.05) is 11.6 Å². The van der Waals surface area contributed by atoms with Crippen LogP contribution in [-0.2, 0) is 14.6 Å². The van der Waals surface area contributed by atoms with E-state index in [1.54, 1.807) is 19.2 Å². The van der Waals surface area contributed by atoms with Gasteiger partial charge >= 0.3 is 0 Å². The van der Waals surface area contributed by atoms with Crippen LogP contribution in [0.15, 0.2) is 53.4 Å². The summed E-state index contributed by atoms with van der Waals surface area (Å²) >= 11 is 5.92. The maximum atomic E-state index is 13.5. The molecule has 1 unspecified atom stereocenters. The Hall–Kier alpha value is -2.09. The summed E-state index contributed by atoms with van der Waals surface area (Å²) < 4.78 is 30.9. The van der Waals surface area contributed by atoms with E-state index in [0.29, 0.717) is 30.7 Å². The van der Waals surface area contributed by atoms with E-state index in [9.17, 15) is 13.2 Å². The molecule has 6 nitrogen and oxygen atoms in total. The molecule has 8 heteroatoms. The molecule has 0 radical (unpaired) electrons. The molecular weight excluding hydrogens is 436 g/mol. The molecule has 0 saturated heterocycles. The van der Waals surface area contributed by atoms with E-state index in [2.05, 4.69) is 5.32 Å². The molecule has 3 rings (SSSR count). The lowest BCUT2D eigenvalue weighted by molar-refractivity contribution is -0.123. The van der Waals surface area contributed by atoms with Gasteiger partial charge in [0.1, 0.15) is 5.75 Å². The van der Waals surface area contributed by atoms with Crippen molar-refractivity contribution in [3.8, 4) is 5.75 Å². The molecule has 0 spiro atoms. The van der Waals surface area contributed by atoms with Crippen LogP contribution in [0.2, 0.25) is 5.02 Å². The third kappa shape index (κ3) is 4.73. The van der Waals surface area contributed by atoms with Gasteiger partial charge in [-0.3, -0.25) is 4.79 Å². The standard InChI is InChI=1S/C23H29ClN2O4S/c1-26(2)21(17-7-6-8-19(15-17)30-3)16-25-22(27)23(13-4-5-14-23)31(28,29)20-11-9-18(24)10-12-20/h6-12,15,21H,4-5,13-14,16H2,1-3H3,(H,25,27). The Morgan fingerprint density at radius 1 is 1.16 bits per heavy atom. The number of hydrogen-bond acceptors (Lipinski definition) is 5. The van der Waals surface area contributed by atoms with E-state index < -0.39 is 20.5 Å². The second-order valence-electron chi connectivity index (χ2n) is 8.12. The topological polar surface area (TPSA) is 75.7 Å². The normalized spacial score (nSPS) is 16.8. The van der Waals surface area contributed by atoms with E-state index in [1.807, 2.05) is 43.3 Å². The number of rotatable bonds is 8. The minimum Gasteiger partial charge on any atom is -0.497 e. The van der Waals surface area contributed by atoms with Gasteiger partial charge in [0.05, 0.1) is 18.0 Å². The summed E-state index contributed by atoms with van der Waals surface area (Å²) in [5.74, 6) is 0.294. The van der Waals surface area contributed by atoms with Crippen LogP contribution in [-0.4, -0.2) is 51.7 Å². The van der Waals surface area contributed by atoms with Crippen molar-refractivity contribution in [2.45, 2.75) is 41.4 Å². The molecular formula is C23H29ClN2O4S. The Kier molecular flexibility index (Phi) is 7.29. The summed E-state index contributed by atoms with van der Waals surface area (Å²) in [6, 6.07) is 13.6. The predicted octanol–water partition coefficient (Wildman–Crippen LogP) is 3.85. The zero-order chi connectivity index (χ0) is 22.6. The SMILES string of the molecule is COc1cccc(C(CNC(=O)C2(S(=O)(=O)c3ccc(Cl)cc3)CCCC2)N(C)C)c1. The maximum Gasteiger partial charge on any atom is 0.241 e.